The lowest BCUT2D eigenvalue weighted by Gasteiger charge is -2.26. The summed E-state index contributed by atoms with van der Waals surface area (Å²) in [4.78, 5) is 12.9. The van der Waals surface area contributed by atoms with E-state index in [1.807, 2.05) is 13.8 Å². The SMILES string of the molecule is CCOc1ccccc1N(CC(=O)NCCCSCc1ccc(F)cc1)S(=O)(=O)c1ccc(C)cc1. The van der Waals surface area contributed by atoms with Gasteiger partial charge in [0.2, 0.25) is 5.91 Å². The summed E-state index contributed by atoms with van der Waals surface area (Å²) >= 11 is 1.69. The number of ether oxygens (including phenoxy) is 1. The molecule has 0 aromatic heterocycles. The number of nitrogens with zero attached hydrogens (tertiary/aromatic N) is 1. The Kier molecular flexibility index (Phi) is 10.2. The first kappa shape index (κ1) is 27.5. The van der Waals surface area contributed by atoms with Gasteiger partial charge >= 0.3 is 0 Å². The molecule has 36 heavy (non-hydrogen) atoms. The average Bonchev–Trinajstić information content (AvgIpc) is 2.86. The zero-order valence-electron chi connectivity index (χ0n) is 20.4. The number of amides is 1. The molecule has 3 aromatic rings. The first-order chi connectivity index (χ1) is 17.3. The highest BCUT2D eigenvalue weighted by Gasteiger charge is 2.29. The molecule has 6 nitrogen and oxygen atoms in total. The molecule has 192 valence electrons. The van der Waals surface area contributed by atoms with Crippen LogP contribution in [0.3, 0.4) is 0 Å². The summed E-state index contributed by atoms with van der Waals surface area (Å²) in [5.74, 6) is 1.29. The number of halogens is 1. The van der Waals surface area contributed by atoms with Gasteiger partial charge in [0.25, 0.3) is 10.0 Å². The number of hydrogen-bond donors (Lipinski definition) is 1. The van der Waals surface area contributed by atoms with E-state index < -0.39 is 15.9 Å². The van der Waals surface area contributed by atoms with Crippen molar-refractivity contribution in [3.05, 3.63) is 89.7 Å². The summed E-state index contributed by atoms with van der Waals surface area (Å²) in [6.07, 6.45) is 0.720. The van der Waals surface area contributed by atoms with Gasteiger partial charge in [-0.25, -0.2) is 12.8 Å². The number of benzene rings is 3. The van der Waals surface area contributed by atoms with Gasteiger partial charge in [0, 0.05) is 12.3 Å². The number of thioether (sulfide) groups is 1. The zero-order chi connectivity index (χ0) is 26.0. The molecular formula is C27H31FN2O4S2. The third kappa shape index (κ3) is 7.73. The van der Waals surface area contributed by atoms with E-state index in [4.69, 9.17) is 4.74 Å². The Morgan fingerprint density at radius 3 is 2.42 bits per heavy atom. The molecule has 0 atom stereocenters. The molecular weight excluding hydrogens is 499 g/mol. The van der Waals surface area contributed by atoms with Gasteiger partial charge < -0.3 is 10.1 Å². The van der Waals surface area contributed by atoms with Gasteiger partial charge in [-0.15, -0.1) is 0 Å². The fraction of sp³-hybridized carbons (Fsp3) is 0.296. The van der Waals surface area contributed by atoms with Gasteiger partial charge in [-0.3, -0.25) is 9.10 Å². The maximum atomic E-state index is 13.6. The van der Waals surface area contributed by atoms with Crippen LogP contribution in [0.1, 0.15) is 24.5 Å². The van der Waals surface area contributed by atoms with Crippen LogP contribution in [-0.2, 0) is 20.6 Å². The molecule has 0 fully saturated rings. The summed E-state index contributed by atoms with van der Waals surface area (Å²) in [7, 11) is -4.02. The molecule has 3 rings (SSSR count). The quantitative estimate of drug-likeness (QED) is 0.309. The molecule has 0 heterocycles. The summed E-state index contributed by atoms with van der Waals surface area (Å²) in [5, 5.41) is 2.82. The van der Waals surface area contributed by atoms with Crippen molar-refractivity contribution in [2.75, 3.05) is 29.8 Å². The van der Waals surface area contributed by atoms with E-state index in [1.54, 1.807) is 60.3 Å². The number of hydrogen-bond acceptors (Lipinski definition) is 5. The van der Waals surface area contributed by atoms with E-state index in [-0.39, 0.29) is 17.3 Å². The second-order valence-electron chi connectivity index (χ2n) is 8.11. The topological polar surface area (TPSA) is 75.7 Å². The fourth-order valence-corrected chi connectivity index (χ4v) is 5.79. The van der Waals surface area contributed by atoms with Gasteiger partial charge in [-0.05, 0) is 68.0 Å². The number of carbonyl (C=O) groups is 1. The molecule has 0 aliphatic rings. The minimum atomic E-state index is -4.02. The molecule has 0 spiro atoms. The Morgan fingerprint density at radius 2 is 1.72 bits per heavy atom. The number of para-hydroxylation sites is 2. The number of aryl methyl sites for hydroxylation is 1. The molecule has 0 aliphatic heterocycles. The number of anilines is 1. The van der Waals surface area contributed by atoms with Gasteiger partial charge in [0.15, 0.2) is 0 Å². The monoisotopic (exact) mass is 530 g/mol. The van der Waals surface area contributed by atoms with Crippen LogP contribution in [0, 0.1) is 12.7 Å². The van der Waals surface area contributed by atoms with Crippen LogP contribution < -0.4 is 14.4 Å². The molecule has 0 saturated carbocycles. The van der Waals surface area contributed by atoms with Crippen molar-refractivity contribution in [2.24, 2.45) is 0 Å². The third-order valence-electron chi connectivity index (χ3n) is 5.30. The smallest absolute Gasteiger partial charge is 0.264 e. The van der Waals surface area contributed by atoms with Crippen LogP contribution in [0.15, 0.2) is 77.7 Å². The summed E-state index contributed by atoms with van der Waals surface area (Å²) < 4.78 is 46.9. The first-order valence-electron chi connectivity index (χ1n) is 11.7. The van der Waals surface area contributed by atoms with Crippen molar-refractivity contribution in [3.63, 3.8) is 0 Å². The molecule has 3 aromatic carbocycles. The normalized spacial score (nSPS) is 11.2. The Labute approximate surface area is 216 Å². The van der Waals surface area contributed by atoms with Crippen molar-refractivity contribution in [1.29, 1.82) is 0 Å². The van der Waals surface area contributed by atoms with Gasteiger partial charge in [-0.2, -0.15) is 11.8 Å². The second kappa shape index (κ2) is 13.3. The Hall–Kier alpha value is -3.04. The highest BCUT2D eigenvalue weighted by molar-refractivity contribution is 7.98. The van der Waals surface area contributed by atoms with Crippen molar-refractivity contribution in [3.8, 4) is 5.75 Å². The predicted molar refractivity (Wildman–Crippen MR) is 144 cm³/mol. The van der Waals surface area contributed by atoms with Crippen molar-refractivity contribution in [1.82, 2.24) is 5.32 Å². The summed E-state index contributed by atoms with van der Waals surface area (Å²) in [6, 6.07) is 19.7. The molecule has 0 radical (unpaired) electrons. The van der Waals surface area contributed by atoms with E-state index in [0.29, 0.717) is 24.6 Å². The van der Waals surface area contributed by atoms with E-state index in [0.717, 1.165) is 33.4 Å². The molecule has 0 aliphatic carbocycles. The number of carbonyl (C=O) groups excluding carboxylic acids is 1. The molecule has 0 unspecified atom stereocenters. The zero-order valence-corrected chi connectivity index (χ0v) is 22.1. The van der Waals surface area contributed by atoms with Crippen LogP contribution in [-0.4, -0.2) is 39.8 Å². The average molecular weight is 531 g/mol. The largest absolute Gasteiger partial charge is 0.492 e. The highest BCUT2D eigenvalue weighted by Crippen LogP contribution is 2.32. The van der Waals surface area contributed by atoms with Crippen LogP contribution in [0.2, 0.25) is 0 Å². The standard InChI is InChI=1S/C27H31FN2O4S2/c1-3-34-26-8-5-4-7-25(26)30(36(32,33)24-15-9-21(2)10-16-24)19-27(31)29-17-6-18-35-20-22-11-13-23(28)14-12-22/h4-5,7-16H,3,6,17-20H2,1-2H3,(H,29,31). The van der Waals surface area contributed by atoms with Gasteiger partial charge in [0.1, 0.15) is 18.1 Å². The van der Waals surface area contributed by atoms with E-state index in [9.17, 15) is 17.6 Å². The van der Waals surface area contributed by atoms with Crippen LogP contribution in [0.4, 0.5) is 10.1 Å². The van der Waals surface area contributed by atoms with Crippen LogP contribution >= 0.6 is 11.8 Å². The Balaban J connectivity index is 1.64. The van der Waals surface area contributed by atoms with E-state index in [2.05, 4.69) is 5.32 Å². The first-order valence-corrected chi connectivity index (χ1v) is 14.3. The highest BCUT2D eigenvalue weighted by atomic mass is 32.2. The Morgan fingerprint density at radius 1 is 1.03 bits per heavy atom. The van der Waals surface area contributed by atoms with Gasteiger partial charge in [0.05, 0.1) is 17.2 Å². The van der Waals surface area contributed by atoms with E-state index >= 15 is 0 Å². The summed E-state index contributed by atoms with van der Waals surface area (Å²) in [6.45, 7) is 4.10. The fourth-order valence-electron chi connectivity index (χ4n) is 3.44. The molecule has 1 amide bonds. The molecule has 0 bridgehead atoms. The van der Waals surface area contributed by atoms with Crippen molar-refractivity contribution >= 4 is 33.4 Å². The minimum absolute atomic E-state index is 0.101. The lowest BCUT2D eigenvalue weighted by Crippen LogP contribution is -2.41. The van der Waals surface area contributed by atoms with Crippen molar-refractivity contribution < 1.29 is 22.3 Å². The second-order valence-corrected chi connectivity index (χ2v) is 11.1. The number of rotatable bonds is 13. The van der Waals surface area contributed by atoms with Crippen LogP contribution in [0.5, 0.6) is 5.75 Å². The summed E-state index contributed by atoms with van der Waals surface area (Å²) in [5.41, 5.74) is 2.28. The Bertz CT molecular complexity index is 1230. The van der Waals surface area contributed by atoms with Crippen molar-refractivity contribution in [2.45, 2.75) is 30.9 Å². The molecule has 1 N–H and O–H groups in total. The molecule has 0 saturated heterocycles. The van der Waals surface area contributed by atoms with E-state index in [1.165, 1.54) is 24.3 Å². The number of nitrogens with one attached hydrogen (secondary N) is 1. The van der Waals surface area contributed by atoms with Crippen LogP contribution in [0.25, 0.3) is 0 Å². The predicted octanol–water partition coefficient (Wildman–Crippen LogP) is 5.17. The lowest BCUT2D eigenvalue weighted by atomic mass is 10.2. The van der Waals surface area contributed by atoms with Gasteiger partial charge in [-0.1, -0.05) is 42.0 Å². The third-order valence-corrected chi connectivity index (χ3v) is 8.19. The number of sulfonamides is 1. The minimum Gasteiger partial charge on any atom is -0.492 e. The maximum Gasteiger partial charge on any atom is 0.264 e. The molecule has 9 heteroatoms. The maximum absolute atomic E-state index is 13.6. The lowest BCUT2D eigenvalue weighted by molar-refractivity contribution is -0.119.